The summed E-state index contributed by atoms with van der Waals surface area (Å²) in [4.78, 5) is 14.2. The Bertz CT molecular complexity index is 644. The Balaban J connectivity index is 2.31. The van der Waals surface area contributed by atoms with Crippen LogP contribution in [0.3, 0.4) is 0 Å². The Labute approximate surface area is 132 Å². The summed E-state index contributed by atoms with van der Waals surface area (Å²) in [6.45, 7) is 0.926. The number of primary sulfonamides is 1. The van der Waals surface area contributed by atoms with Crippen LogP contribution in [0, 0.1) is 0 Å². The fourth-order valence-electron chi connectivity index (χ4n) is 2.04. The van der Waals surface area contributed by atoms with Gasteiger partial charge in [0.1, 0.15) is 0 Å². The monoisotopic (exact) mass is 376 g/mol. The lowest BCUT2D eigenvalue weighted by atomic mass is 10.2. The van der Waals surface area contributed by atoms with Crippen LogP contribution in [0.25, 0.3) is 0 Å². The van der Waals surface area contributed by atoms with Crippen molar-refractivity contribution in [3.05, 3.63) is 28.2 Å². The minimum absolute atomic E-state index is 0.0808. The van der Waals surface area contributed by atoms with E-state index in [0.717, 1.165) is 12.8 Å². The molecular weight excluding hydrogens is 360 g/mol. The van der Waals surface area contributed by atoms with E-state index >= 15 is 0 Å². The number of hydrogen-bond donors (Lipinski definition) is 1. The summed E-state index contributed by atoms with van der Waals surface area (Å²) in [5.74, 6) is -0.208. The van der Waals surface area contributed by atoms with Crippen LogP contribution in [0.1, 0.15) is 23.2 Å². The number of nitrogens with zero attached hydrogens (tertiary/aromatic N) is 1. The topological polar surface area (TPSA) is 89.7 Å². The van der Waals surface area contributed by atoms with Gasteiger partial charge >= 0.3 is 0 Å². The van der Waals surface area contributed by atoms with Crippen molar-refractivity contribution in [1.29, 1.82) is 0 Å². The number of carbonyl (C=O) groups excluding carboxylic acids is 1. The molecule has 0 unspecified atom stereocenters. The molecule has 1 aliphatic carbocycles. The number of methoxy groups -OCH3 is 1. The average Bonchev–Trinajstić information content (AvgIpc) is 3.22. The highest BCUT2D eigenvalue weighted by Crippen LogP contribution is 2.29. The van der Waals surface area contributed by atoms with Gasteiger partial charge in [-0.15, -0.1) is 0 Å². The molecule has 1 aromatic rings. The highest BCUT2D eigenvalue weighted by atomic mass is 79.9. The van der Waals surface area contributed by atoms with Crippen LogP contribution in [-0.4, -0.2) is 45.5 Å². The van der Waals surface area contributed by atoms with Crippen molar-refractivity contribution in [2.24, 2.45) is 5.14 Å². The summed E-state index contributed by atoms with van der Waals surface area (Å²) >= 11 is 3.21. The average molecular weight is 377 g/mol. The van der Waals surface area contributed by atoms with Crippen molar-refractivity contribution < 1.29 is 17.9 Å². The van der Waals surface area contributed by atoms with Crippen molar-refractivity contribution >= 4 is 31.9 Å². The Morgan fingerprint density at radius 2 is 2.10 bits per heavy atom. The minimum atomic E-state index is -3.85. The van der Waals surface area contributed by atoms with Gasteiger partial charge in [0.15, 0.2) is 0 Å². The number of sulfonamides is 1. The van der Waals surface area contributed by atoms with Gasteiger partial charge in [-0.1, -0.05) is 15.9 Å². The van der Waals surface area contributed by atoms with Gasteiger partial charge in [-0.25, -0.2) is 13.6 Å². The molecule has 0 radical (unpaired) electrons. The van der Waals surface area contributed by atoms with Crippen molar-refractivity contribution in [1.82, 2.24) is 4.90 Å². The summed E-state index contributed by atoms with van der Waals surface area (Å²) in [7, 11) is -2.28. The van der Waals surface area contributed by atoms with Gasteiger partial charge < -0.3 is 9.64 Å². The molecule has 21 heavy (non-hydrogen) atoms. The Hall–Kier alpha value is -0.960. The maximum Gasteiger partial charge on any atom is 0.254 e. The standard InChI is InChI=1S/C13H17BrN2O4S/c1-20-5-4-16(11-2-3-11)13(17)9-6-10(14)8-12(7-9)21(15,18)19/h6-8,11H,2-5H2,1H3,(H2,15,18,19). The van der Waals surface area contributed by atoms with Gasteiger partial charge in [-0.2, -0.15) is 0 Å². The number of hydrogen-bond acceptors (Lipinski definition) is 4. The molecule has 0 aromatic heterocycles. The van der Waals surface area contributed by atoms with E-state index in [2.05, 4.69) is 15.9 Å². The van der Waals surface area contributed by atoms with Crippen LogP contribution >= 0.6 is 15.9 Å². The van der Waals surface area contributed by atoms with Crippen LogP contribution in [0.4, 0.5) is 0 Å². The number of rotatable bonds is 6. The molecule has 0 aliphatic heterocycles. The maximum absolute atomic E-state index is 12.6. The summed E-state index contributed by atoms with van der Waals surface area (Å²) in [6, 6.07) is 4.50. The van der Waals surface area contributed by atoms with Crippen molar-refractivity contribution in [2.75, 3.05) is 20.3 Å². The molecule has 1 aromatic carbocycles. The third-order valence-corrected chi connectivity index (χ3v) is 4.58. The molecule has 0 heterocycles. The van der Waals surface area contributed by atoms with Crippen molar-refractivity contribution in [2.45, 2.75) is 23.8 Å². The second-order valence-electron chi connectivity index (χ2n) is 4.94. The number of amides is 1. The number of carbonyl (C=O) groups is 1. The molecular formula is C13H17BrN2O4S. The molecule has 0 atom stereocenters. The fourth-order valence-corrected chi connectivity index (χ4v) is 3.27. The molecule has 116 valence electrons. The summed E-state index contributed by atoms with van der Waals surface area (Å²) < 4.78 is 28.4. The van der Waals surface area contributed by atoms with Gasteiger partial charge in [0.05, 0.1) is 11.5 Å². The van der Waals surface area contributed by atoms with Crippen molar-refractivity contribution in [3.8, 4) is 0 Å². The van der Waals surface area contributed by atoms with Crippen molar-refractivity contribution in [3.63, 3.8) is 0 Å². The van der Waals surface area contributed by atoms with E-state index in [0.29, 0.717) is 23.2 Å². The van der Waals surface area contributed by atoms with Crippen LogP contribution in [0.2, 0.25) is 0 Å². The summed E-state index contributed by atoms with van der Waals surface area (Å²) in [6.07, 6.45) is 1.93. The smallest absolute Gasteiger partial charge is 0.254 e. The maximum atomic E-state index is 12.6. The number of ether oxygens (including phenoxy) is 1. The van der Waals surface area contributed by atoms with Gasteiger partial charge in [0.2, 0.25) is 10.0 Å². The lowest BCUT2D eigenvalue weighted by Crippen LogP contribution is -2.36. The second-order valence-corrected chi connectivity index (χ2v) is 7.42. The fraction of sp³-hybridized carbons (Fsp3) is 0.462. The lowest BCUT2D eigenvalue weighted by Gasteiger charge is -2.22. The zero-order valence-corrected chi connectivity index (χ0v) is 14.0. The molecule has 2 rings (SSSR count). The molecule has 1 aliphatic rings. The van der Waals surface area contributed by atoms with Crippen LogP contribution in [-0.2, 0) is 14.8 Å². The molecule has 0 saturated heterocycles. The Kier molecular flexibility index (Phi) is 5.03. The first kappa shape index (κ1) is 16.4. The SMILES string of the molecule is COCCN(C(=O)c1cc(Br)cc(S(N)(=O)=O)c1)C1CC1. The number of halogens is 1. The zero-order valence-electron chi connectivity index (χ0n) is 11.6. The third kappa shape index (κ3) is 4.26. The van der Waals surface area contributed by atoms with E-state index < -0.39 is 10.0 Å². The first-order valence-electron chi connectivity index (χ1n) is 6.46. The molecule has 1 saturated carbocycles. The third-order valence-electron chi connectivity index (χ3n) is 3.23. The quantitative estimate of drug-likeness (QED) is 0.810. The molecule has 2 N–H and O–H groups in total. The number of nitrogens with two attached hydrogens (primary N) is 1. The predicted octanol–water partition coefficient (Wildman–Crippen LogP) is 1.35. The van der Waals surface area contributed by atoms with Crippen LogP contribution in [0.15, 0.2) is 27.6 Å². The largest absolute Gasteiger partial charge is 0.383 e. The van der Waals surface area contributed by atoms with Crippen LogP contribution < -0.4 is 5.14 Å². The van der Waals surface area contributed by atoms with Gasteiger partial charge in [-0.05, 0) is 31.0 Å². The molecule has 1 amide bonds. The van der Waals surface area contributed by atoms with Gasteiger partial charge in [0, 0.05) is 29.7 Å². The van der Waals surface area contributed by atoms with E-state index in [1.807, 2.05) is 0 Å². The first-order valence-corrected chi connectivity index (χ1v) is 8.80. The molecule has 6 nitrogen and oxygen atoms in total. The highest BCUT2D eigenvalue weighted by molar-refractivity contribution is 9.10. The zero-order chi connectivity index (χ0) is 15.6. The highest BCUT2D eigenvalue weighted by Gasteiger charge is 2.33. The predicted molar refractivity (Wildman–Crippen MR) is 81.4 cm³/mol. The second kappa shape index (κ2) is 6.43. The van der Waals surface area contributed by atoms with E-state index in [1.54, 1.807) is 18.1 Å². The molecule has 0 spiro atoms. The minimum Gasteiger partial charge on any atom is -0.383 e. The van der Waals surface area contributed by atoms with Gasteiger partial charge in [0.25, 0.3) is 5.91 Å². The number of benzene rings is 1. The normalized spacial score (nSPS) is 15.0. The van der Waals surface area contributed by atoms with Gasteiger partial charge in [-0.3, -0.25) is 4.79 Å². The first-order chi connectivity index (χ1) is 9.82. The van der Waals surface area contributed by atoms with E-state index in [-0.39, 0.29) is 16.8 Å². The summed E-state index contributed by atoms with van der Waals surface area (Å²) in [5.41, 5.74) is 0.302. The summed E-state index contributed by atoms with van der Waals surface area (Å²) in [5, 5.41) is 5.13. The Morgan fingerprint density at radius 1 is 1.43 bits per heavy atom. The molecule has 0 bridgehead atoms. The molecule has 8 heteroatoms. The van der Waals surface area contributed by atoms with E-state index in [4.69, 9.17) is 9.88 Å². The van der Waals surface area contributed by atoms with E-state index in [9.17, 15) is 13.2 Å². The van der Waals surface area contributed by atoms with E-state index in [1.165, 1.54) is 12.1 Å². The Morgan fingerprint density at radius 3 is 2.62 bits per heavy atom. The van der Waals surface area contributed by atoms with Crippen LogP contribution in [0.5, 0.6) is 0 Å². The lowest BCUT2D eigenvalue weighted by molar-refractivity contribution is 0.0680. The molecule has 1 fully saturated rings.